The molecule has 1 unspecified atom stereocenters. The van der Waals surface area contributed by atoms with Crippen molar-refractivity contribution in [1.82, 2.24) is 9.55 Å². The topological polar surface area (TPSA) is 109 Å². The maximum absolute atomic E-state index is 13.1. The second kappa shape index (κ2) is 10.4. The second-order valence-corrected chi connectivity index (χ2v) is 7.89. The number of thiophene rings is 1. The summed E-state index contributed by atoms with van der Waals surface area (Å²) in [6.45, 7) is 6.02. The average Bonchev–Trinajstić information content (AvgIpc) is 3.14. The number of esters is 1. The second-order valence-electron chi connectivity index (χ2n) is 6.89. The Morgan fingerprint density at radius 1 is 1.25 bits per heavy atom. The largest absolute Gasteiger partial charge is 0.495 e. The van der Waals surface area contributed by atoms with Gasteiger partial charge >= 0.3 is 5.97 Å². The van der Waals surface area contributed by atoms with Gasteiger partial charge in [0.05, 0.1) is 36.0 Å². The molecule has 0 aliphatic carbocycles. The van der Waals surface area contributed by atoms with Crippen LogP contribution in [0, 0.1) is 6.92 Å². The standard InChI is InChI=1S/C22H25N3O6S/c1-5-30-10-11-31-22(28)14(3)25-12-23-20-17(21(25)27)13(2)18(32-20)19(26)24-15-8-6-7-9-16(15)29-4/h6-9,12,14H,5,10-11H2,1-4H3,(H,24,26). The summed E-state index contributed by atoms with van der Waals surface area (Å²) in [5, 5.41) is 3.11. The van der Waals surface area contributed by atoms with E-state index in [1.165, 1.54) is 18.0 Å². The molecule has 0 aliphatic heterocycles. The molecule has 3 aromatic rings. The number of ether oxygens (including phenoxy) is 3. The molecule has 2 aromatic heterocycles. The lowest BCUT2D eigenvalue weighted by Crippen LogP contribution is -2.30. The van der Waals surface area contributed by atoms with Crippen molar-refractivity contribution in [3.05, 3.63) is 51.4 Å². The molecule has 0 aliphatic rings. The number of aryl methyl sites for hydroxylation is 1. The molecule has 1 atom stereocenters. The highest BCUT2D eigenvalue weighted by molar-refractivity contribution is 7.20. The number of hydrogen-bond acceptors (Lipinski definition) is 8. The van der Waals surface area contributed by atoms with E-state index in [2.05, 4.69) is 10.3 Å². The number of aromatic nitrogens is 2. The van der Waals surface area contributed by atoms with Gasteiger partial charge in [0.1, 0.15) is 23.2 Å². The number of rotatable bonds is 9. The highest BCUT2D eigenvalue weighted by Gasteiger charge is 2.24. The molecule has 1 aromatic carbocycles. The minimum atomic E-state index is -0.869. The lowest BCUT2D eigenvalue weighted by Gasteiger charge is -2.14. The molecule has 1 amide bonds. The van der Waals surface area contributed by atoms with Crippen LogP contribution >= 0.6 is 11.3 Å². The molecule has 1 N–H and O–H groups in total. The number of fused-ring (bicyclic) bond motifs is 1. The van der Waals surface area contributed by atoms with Crippen LogP contribution < -0.4 is 15.6 Å². The number of anilines is 1. The molecule has 0 saturated carbocycles. The van der Waals surface area contributed by atoms with Crippen molar-refractivity contribution in [2.24, 2.45) is 0 Å². The highest BCUT2D eigenvalue weighted by atomic mass is 32.1. The number of amides is 1. The van der Waals surface area contributed by atoms with Gasteiger partial charge in [0, 0.05) is 6.61 Å². The first-order valence-electron chi connectivity index (χ1n) is 10.1. The lowest BCUT2D eigenvalue weighted by molar-refractivity contribution is -0.148. The Balaban J connectivity index is 1.87. The molecule has 10 heteroatoms. The molecule has 9 nitrogen and oxygen atoms in total. The predicted molar refractivity (Wildman–Crippen MR) is 122 cm³/mol. The Morgan fingerprint density at radius 2 is 2.00 bits per heavy atom. The van der Waals surface area contributed by atoms with Crippen molar-refractivity contribution < 1.29 is 23.8 Å². The Labute approximate surface area is 188 Å². The van der Waals surface area contributed by atoms with E-state index in [0.29, 0.717) is 38.7 Å². The Hall–Kier alpha value is -3.24. The summed E-state index contributed by atoms with van der Waals surface area (Å²) in [6.07, 6.45) is 1.30. The van der Waals surface area contributed by atoms with Gasteiger partial charge in [0.2, 0.25) is 0 Å². The van der Waals surface area contributed by atoms with Crippen LogP contribution in [0.1, 0.15) is 35.1 Å². The minimum Gasteiger partial charge on any atom is -0.495 e. The number of carbonyl (C=O) groups excluding carboxylic acids is 2. The number of para-hydroxylation sites is 2. The van der Waals surface area contributed by atoms with Gasteiger partial charge in [-0.2, -0.15) is 0 Å². The summed E-state index contributed by atoms with van der Waals surface area (Å²) in [4.78, 5) is 43.4. The van der Waals surface area contributed by atoms with Gasteiger partial charge in [-0.3, -0.25) is 14.2 Å². The monoisotopic (exact) mass is 459 g/mol. The minimum absolute atomic E-state index is 0.103. The first-order valence-corrected chi connectivity index (χ1v) is 10.9. The summed E-state index contributed by atoms with van der Waals surface area (Å²) < 4.78 is 16.8. The van der Waals surface area contributed by atoms with Gasteiger partial charge in [0.25, 0.3) is 11.5 Å². The van der Waals surface area contributed by atoms with Crippen LogP contribution in [0.25, 0.3) is 10.2 Å². The maximum atomic E-state index is 13.1. The van der Waals surface area contributed by atoms with Crippen LogP contribution in [0.3, 0.4) is 0 Å². The first kappa shape index (κ1) is 23.4. The zero-order valence-corrected chi connectivity index (χ0v) is 19.2. The van der Waals surface area contributed by atoms with Crippen LogP contribution in [-0.4, -0.2) is 48.4 Å². The van der Waals surface area contributed by atoms with E-state index < -0.39 is 17.6 Å². The molecule has 3 rings (SSSR count). The van der Waals surface area contributed by atoms with Crippen molar-refractivity contribution in [2.45, 2.75) is 26.8 Å². The quantitative estimate of drug-likeness (QED) is 0.387. The average molecular weight is 460 g/mol. The van der Waals surface area contributed by atoms with E-state index in [-0.39, 0.29) is 19.1 Å². The zero-order valence-electron chi connectivity index (χ0n) is 18.3. The van der Waals surface area contributed by atoms with E-state index in [0.717, 1.165) is 11.3 Å². The molecular formula is C22H25N3O6S. The Kier molecular flexibility index (Phi) is 7.60. The van der Waals surface area contributed by atoms with Gasteiger partial charge in [-0.15, -0.1) is 11.3 Å². The van der Waals surface area contributed by atoms with Gasteiger partial charge in [-0.05, 0) is 38.5 Å². The fourth-order valence-electron chi connectivity index (χ4n) is 3.14. The van der Waals surface area contributed by atoms with Crippen molar-refractivity contribution in [3.63, 3.8) is 0 Å². The first-order chi connectivity index (χ1) is 15.4. The summed E-state index contributed by atoms with van der Waals surface area (Å²) in [5.74, 6) is -0.406. The van der Waals surface area contributed by atoms with Crippen molar-refractivity contribution >= 4 is 39.1 Å². The van der Waals surface area contributed by atoms with Crippen LogP contribution in [0.2, 0.25) is 0 Å². The summed E-state index contributed by atoms with van der Waals surface area (Å²) in [5.41, 5.74) is 0.612. The third kappa shape index (κ3) is 4.81. The predicted octanol–water partition coefficient (Wildman–Crippen LogP) is 3.17. The summed E-state index contributed by atoms with van der Waals surface area (Å²) in [6, 6.07) is 6.18. The molecule has 0 spiro atoms. The molecule has 2 heterocycles. The van der Waals surface area contributed by atoms with Crippen LogP contribution in [0.15, 0.2) is 35.4 Å². The number of nitrogens with one attached hydrogen (secondary N) is 1. The maximum Gasteiger partial charge on any atom is 0.329 e. The Morgan fingerprint density at radius 3 is 2.72 bits per heavy atom. The van der Waals surface area contributed by atoms with Crippen molar-refractivity contribution in [2.75, 3.05) is 32.2 Å². The molecule has 170 valence electrons. The number of nitrogens with zero attached hydrogens (tertiary/aromatic N) is 2. The lowest BCUT2D eigenvalue weighted by atomic mass is 10.2. The van der Waals surface area contributed by atoms with Crippen molar-refractivity contribution in [3.8, 4) is 5.75 Å². The fraction of sp³-hybridized carbons (Fsp3) is 0.364. The molecule has 0 radical (unpaired) electrons. The van der Waals surface area contributed by atoms with Crippen LogP contribution in [0.4, 0.5) is 5.69 Å². The van der Waals surface area contributed by atoms with Gasteiger partial charge in [-0.25, -0.2) is 9.78 Å². The Bertz CT molecular complexity index is 1190. The highest BCUT2D eigenvalue weighted by Crippen LogP contribution is 2.30. The third-order valence-corrected chi connectivity index (χ3v) is 6.07. The third-order valence-electron chi connectivity index (χ3n) is 4.87. The molecule has 0 fully saturated rings. The molecular weight excluding hydrogens is 434 g/mol. The molecule has 0 bridgehead atoms. The number of benzene rings is 1. The van der Waals surface area contributed by atoms with Crippen LogP contribution in [-0.2, 0) is 14.3 Å². The number of hydrogen-bond donors (Lipinski definition) is 1. The molecule has 0 saturated heterocycles. The summed E-state index contributed by atoms with van der Waals surface area (Å²) in [7, 11) is 1.52. The van der Waals surface area contributed by atoms with Gasteiger partial charge in [0.15, 0.2) is 0 Å². The fourth-order valence-corrected chi connectivity index (χ4v) is 4.17. The van der Waals surface area contributed by atoms with Gasteiger partial charge < -0.3 is 19.5 Å². The number of carbonyl (C=O) groups is 2. The van der Waals surface area contributed by atoms with E-state index in [1.54, 1.807) is 38.1 Å². The number of methoxy groups -OCH3 is 1. The van der Waals surface area contributed by atoms with E-state index in [9.17, 15) is 14.4 Å². The van der Waals surface area contributed by atoms with E-state index in [4.69, 9.17) is 14.2 Å². The van der Waals surface area contributed by atoms with E-state index >= 15 is 0 Å². The zero-order chi connectivity index (χ0) is 23.3. The SMILES string of the molecule is CCOCCOC(=O)C(C)n1cnc2sc(C(=O)Nc3ccccc3OC)c(C)c2c1=O. The van der Waals surface area contributed by atoms with Crippen LogP contribution in [0.5, 0.6) is 5.75 Å². The van der Waals surface area contributed by atoms with Gasteiger partial charge in [-0.1, -0.05) is 12.1 Å². The summed E-state index contributed by atoms with van der Waals surface area (Å²) >= 11 is 1.12. The van der Waals surface area contributed by atoms with Crippen molar-refractivity contribution in [1.29, 1.82) is 0 Å². The smallest absolute Gasteiger partial charge is 0.329 e. The normalized spacial score (nSPS) is 11.9. The van der Waals surface area contributed by atoms with E-state index in [1.807, 2.05) is 6.92 Å². The molecule has 32 heavy (non-hydrogen) atoms.